The fourth-order valence-electron chi connectivity index (χ4n) is 2.90. The molecule has 2 aliphatic rings. The van der Waals surface area contributed by atoms with Crippen molar-refractivity contribution >= 4 is 18.3 Å². The number of nitrogens with zero attached hydrogens (tertiary/aromatic N) is 1. The average Bonchev–Trinajstić information content (AvgIpc) is 2.69. The van der Waals surface area contributed by atoms with Crippen molar-refractivity contribution in [3.05, 3.63) is 0 Å². The monoisotopic (exact) mass is 276 g/mol. The summed E-state index contributed by atoms with van der Waals surface area (Å²) in [6.07, 6.45) is 1.56. The lowest BCUT2D eigenvalue weighted by atomic mass is 9.79. The number of nitrogens with two attached hydrogens (primary N) is 1. The number of carbonyl (C=O) groups is 1. The van der Waals surface area contributed by atoms with E-state index < -0.39 is 0 Å². The maximum Gasteiger partial charge on any atom is 0.230 e. The van der Waals surface area contributed by atoms with Crippen molar-refractivity contribution in [2.24, 2.45) is 23.0 Å². The highest BCUT2D eigenvalue weighted by molar-refractivity contribution is 5.85. The van der Waals surface area contributed by atoms with E-state index in [2.05, 4.69) is 13.8 Å². The Morgan fingerprint density at radius 1 is 1.28 bits per heavy atom. The summed E-state index contributed by atoms with van der Waals surface area (Å²) < 4.78 is 5.36. The summed E-state index contributed by atoms with van der Waals surface area (Å²) in [4.78, 5) is 14.7. The highest BCUT2D eigenvalue weighted by Crippen LogP contribution is 2.34. The molecule has 18 heavy (non-hydrogen) atoms. The Balaban J connectivity index is 0.00000162. The zero-order valence-corrected chi connectivity index (χ0v) is 12.2. The van der Waals surface area contributed by atoms with E-state index >= 15 is 0 Å². The number of carbonyl (C=O) groups excluding carboxylic acids is 1. The van der Waals surface area contributed by atoms with Crippen LogP contribution in [0.2, 0.25) is 0 Å². The zero-order chi connectivity index (χ0) is 12.5. The standard InChI is InChI=1S/C13H24N2O2.ClH/c1-10-7-15(8-11(10)2)12(16)13(9-14)3-5-17-6-4-13;/h10-11H,3-9,14H2,1-2H3;1H. The first-order valence-corrected chi connectivity index (χ1v) is 6.66. The average molecular weight is 277 g/mol. The molecular formula is C13H25ClN2O2. The van der Waals surface area contributed by atoms with Crippen LogP contribution in [-0.2, 0) is 9.53 Å². The second kappa shape index (κ2) is 6.22. The van der Waals surface area contributed by atoms with Gasteiger partial charge in [-0.3, -0.25) is 4.79 Å². The number of hydrogen-bond donors (Lipinski definition) is 1. The predicted octanol–water partition coefficient (Wildman–Crippen LogP) is 1.28. The first-order valence-electron chi connectivity index (χ1n) is 6.66. The predicted molar refractivity (Wildman–Crippen MR) is 73.7 cm³/mol. The van der Waals surface area contributed by atoms with Gasteiger partial charge in [-0.25, -0.2) is 0 Å². The maximum atomic E-state index is 12.6. The fourth-order valence-corrected chi connectivity index (χ4v) is 2.90. The molecule has 4 nitrogen and oxygen atoms in total. The Morgan fingerprint density at radius 2 is 1.78 bits per heavy atom. The minimum atomic E-state index is -0.345. The van der Waals surface area contributed by atoms with Gasteiger partial charge in [0.25, 0.3) is 0 Å². The van der Waals surface area contributed by atoms with Gasteiger partial charge in [-0.15, -0.1) is 12.4 Å². The van der Waals surface area contributed by atoms with Crippen molar-refractivity contribution in [1.82, 2.24) is 4.90 Å². The van der Waals surface area contributed by atoms with Crippen LogP contribution in [0, 0.1) is 17.3 Å². The van der Waals surface area contributed by atoms with Gasteiger partial charge in [-0.2, -0.15) is 0 Å². The molecule has 2 atom stereocenters. The normalized spacial score (nSPS) is 30.9. The third-order valence-electron chi connectivity index (χ3n) is 4.57. The van der Waals surface area contributed by atoms with E-state index in [-0.39, 0.29) is 23.7 Å². The molecule has 106 valence electrons. The van der Waals surface area contributed by atoms with Gasteiger partial charge in [0.1, 0.15) is 0 Å². The van der Waals surface area contributed by atoms with Crippen molar-refractivity contribution in [1.29, 1.82) is 0 Å². The van der Waals surface area contributed by atoms with Crippen LogP contribution in [0.3, 0.4) is 0 Å². The molecule has 0 aromatic carbocycles. The first-order chi connectivity index (χ1) is 8.09. The Labute approximate surface area is 116 Å². The third kappa shape index (κ3) is 2.81. The Hall–Kier alpha value is -0.320. The minimum absolute atomic E-state index is 0. The van der Waals surface area contributed by atoms with Crippen molar-refractivity contribution in [2.75, 3.05) is 32.8 Å². The molecule has 2 heterocycles. The van der Waals surface area contributed by atoms with Crippen LogP contribution in [0.25, 0.3) is 0 Å². The highest BCUT2D eigenvalue weighted by atomic mass is 35.5. The van der Waals surface area contributed by atoms with Gasteiger partial charge in [-0.05, 0) is 24.7 Å². The molecule has 0 aliphatic carbocycles. The van der Waals surface area contributed by atoms with Crippen LogP contribution >= 0.6 is 12.4 Å². The highest BCUT2D eigenvalue weighted by Gasteiger charge is 2.43. The lowest BCUT2D eigenvalue weighted by Crippen LogP contribution is -2.50. The molecule has 2 fully saturated rings. The van der Waals surface area contributed by atoms with Gasteiger partial charge >= 0.3 is 0 Å². The molecule has 0 spiro atoms. The number of rotatable bonds is 2. The van der Waals surface area contributed by atoms with Crippen molar-refractivity contribution < 1.29 is 9.53 Å². The molecule has 2 rings (SSSR count). The smallest absolute Gasteiger partial charge is 0.230 e. The van der Waals surface area contributed by atoms with Crippen LogP contribution in [0.5, 0.6) is 0 Å². The summed E-state index contributed by atoms with van der Waals surface area (Å²) in [5.41, 5.74) is 5.53. The largest absolute Gasteiger partial charge is 0.381 e. The number of ether oxygens (including phenoxy) is 1. The van der Waals surface area contributed by atoms with Gasteiger partial charge in [0.15, 0.2) is 0 Å². The second-order valence-electron chi connectivity index (χ2n) is 5.76. The summed E-state index contributed by atoms with van der Waals surface area (Å²) in [6.45, 7) is 8.01. The van der Waals surface area contributed by atoms with Gasteiger partial charge in [0.05, 0.1) is 5.41 Å². The molecule has 0 bridgehead atoms. The second-order valence-corrected chi connectivity index (χ2v) is 5.76. The maximum absolute atomic E-state index is 12.6. The van der Waals surface area contributed by atoms with Gasteiger partial charge in [0.2, 0.25) is 5.91 Å². The zero-order valence-electron chi connectivity index (χ0n) is 11.4. The van der Waals surface area contributed by atoms with E-state index in [1.165, 1.54) is 0 Å². The van der Waals surface area contributed by atoms with Gasteiger partial charge < -0.3 is 15.4 Å². The topological polar surface area (TPSA) is 55.6 Å². The van der Waals surface area contributed by atoms with Crippen LogP contribution in [0.15, 0.2) is 0 Å². The summed E-state index contributed by atoms with van der Waals surface area (Å²) in [7, 11) is 0. The number of halogens is 1. The number of likely N-dealkylation sites (tertiary alicyclic amines) is 1. The molecule has 2 saturated heterocycles. The summed E-state index contributed by atoms with van der Waals surface area (Å²) in [6, 6.07) is 0. The van der Waals surface area contributed by atoms with Crippen molar-refractivity contribution in [3.63, 3.8) is 0 Å². The molecule has 1 amide bonds. The molecule has 2 unspecified atom stereocenters. The Morgan fingerprint density at radius 3 is 2.22 bits per heavy atom. The SMILES string of the molecule is CC1CN(C(=O)C2(CN)CCOCC2)CC1C.Cl. The van der Waals surface area contributed by atoms with E-state index in [1.807, 2.05) is 4.90 Å². The first kappa shape index (κ1) is 15.7. The minimum Gasteiger partial charge on any atom is -0.381 e. The molecule has 2 aliphatic heterocycles. The van der Waals surface area contributed by atoms with Crippen LogP contribution < -0.4 is 5.73 Å². The molecule has 0 aromatic heterocycles. The Bertz CT molecular complexity index is 283. The van der Waals surface area contributed by atoms with E-state index in [4.69, 9.17) is 10.5 Å². The van der Waals surface area contributed by atoms with Gasteiger partial charge in [0, 0.05) is 32.8 Å². The Kier molecular flexibility index (Phi) is 5.44. The summed E-state index contributed by atoms with van der Waals surface area (Å²) in [5.74, 6) is 1.47. The van der Waals surface area contributed by atoms with E-state index in [1.54, 1.807) is 0 Å². The van der Waals surface area contributed by atoms with E-state index in [0.717, 1.165) is 25.9 Å². The van der Waals surface area contributed by atoms with Crippen molar-refractivity contribution in [2.45, 2.75) is 26.7 Å². The lowest BCUT2D eigenvalue weighted by molar-refractivity contribution is -0.146. The molecule has 0 saturated carbocycles. The summed E-state index contributed by atoms with van der Waals surface area (Å²) in [5, 5.41) is 0. The molecule has 0 aromatic rings. The molecule has 5 heteroatoms. The van der Waals surface area contributed by atoms with E-state index in [0.29, 0.717) is 31.6 Å². The third-order valence-corrected chi connectivity index (χ3v) is 4.57. The molecule has 2 N–H and O–H groups in total. The van der Waals surface area contributed by atoms with Gasteiger partial charge in [-0.1, -0.05) is 13.8 Å². The van der Waals surface area contributed by atoms with Crippen molar-refractivity contribution in [3.8, 4) is 0 Å². The molecular weight excluding hydrogens is 252 g/mol. The quantitative estimate of drug-likeness (QED) is 0.827. The van der Waals surface area contributed by atoms with Crippen LogP contribution in [-0.4, -0.2) is 43.7 Å². The summed E-state index contributed by atoms with van der Waals surface area (Å²) >= 11 is 0. The van der Waals surface area contributed by atoms with Crippen LogP contribution in [0.1, 0.15) is 26.7 Å². The molecule has 0 radical (unpaired) electrons. The lowest BCUT2D eigenvalue weighted by Gasteiger charge is -2.37. The number of amides is 1. The van der Waals surface area contributed by atoms with E-state index in [9.17, 15) is 4.79 Å². The number of hydrogen-bond acceptors (Lipinski definition) is 3. The fraction of sp³-hybridized carbons (Fsp3) is 0.923. The van der Waals surface area contributed by atoms with Crippen LogP contribution in [0.4, 0.5) is 0 Å².